The van der Waals surface area contributed by atoms with Crippen LogP contribution in [0, 0.1) is 0 Å². The molecule has 10 heteroatoms. The van der Waals surface area contributed by atoms with E-state index in [-0.39, 0.29) is 30.4 Å². The summed E-state index contributed by atoms with van der Waals surface area (Å²) in [5, 5.41) is 0. The van der Waals surface area contributed by atoms with Gasteiger partial charge < -0.3 is 20.2 Å². The van der Waals surface area contributed by atoms with Crippen LogP contribution in [0.5, 0.6) is 0 Å². The normalized spacial score (nSPS) is 15.1. The van der Waals surface area contributed by atoms with Gasteiger partial charge in [-0.3, -0.25) is 19.0 Å². The second-order valence-corrected chi connectivity index (χ2v) is 6.69. The standard InChI is InChI=1S/C17H22N6O4/c1-21-16(26)12(9-20-17(21)27)8-14(25)22-5-2-11(3-6-22)15-19-4-7-23(15)10-13(18)24/h4,7,9,11H,2-3,5-6,8,10H2,1H3,(H2,18,24)(H,20,27). The lowest BCUT2D eigenvalue weighted by Gasteiger charge is -2.32. The van der Waals surface area contributed by atoms with Crippen molar-refractivity contribution in [2.75, 3.05) is 13.1 Å². The van der Waals surface area contributed by atoms with Crippen molar-refractivity contribution in [3.05, 3.63) is 50.8 Å². The van der Waals surface area contributed by atoms with E-state index in [9.17, 15) is 19.2 Å². The van der Waals surface area contributed by atoms with E-state index < -0.39 is 17.2 Å². The number of rotatable bonds is 5. The Morgan fingerprint density at radius 3 is 2.67 bits per heavy atom. The van der Waals surface area contributed by atoms with Gasteiger partial charge in [-0.15, -0.1) is 0 Å². The van der Waals surface area contributed by atoms with Gasteiger partial charge in [-0.05, 0) is 12.8 Å². The fraction of sp³-hybridized carbons (Fsp3) is 0.471. The summed E-state index contributed by atoms with van der Waals surface area (Å²) in [4.78, 5) is 55.6. The number of nitrogens with one attached hydrogen (secondary N) is 1. The Kier molecular flexibility index (Phi) is 5.24. The summed E-state index contributed by atoms with van der Waals surface area (Å²) in [6.07, 6.45) is 6.04. The first-order chi connectivity index (χ1) is 12.9. The molecule has 1 aliphatic rings. The fourth-order valence-electron chi connectivity index (χ4n) is 3.39. The predicted octanol–water partition coefficient (Wildman–Crippen LogP) is -1.30. The SMILES string of the molecule is Cn1c(=O)[nH]cc(CC(=O)N2CCC(c3nccn3CC(N)=O)CC2)c1=O. The third kappa shape index (κ3) is 3.99. The van der Waals surface area contributed by atoms with Crippen LogP contribution in [0.15, 0.2) is 28.2 Å². The molecule has 3 heterocycles. The molecule has 0 saturated carbocycles. The van der Waals surface area contributed by atoms with Crippen LogP contribution in [0.2, 0.25) is 0 Å². The van der Waals surface area contributed by atoms with Crippen molar-refractivity contribution in [2.24, 2.45) is 12.8 Å². The number of hydrogen-bond donors (Lipinski definition) is 2. The van der Waals surface area contributed by atoms with Crippen molar-refractivity contribution in [3.8, 4) is 0 Å². The fourth-order valence-corrected chi connectivity index (χ4v) is 3.39. The summed E-state index contributed by atoms with van der Waals surface area (Å²) in [5.74, 6) is 0.363. The zero-order chi connectivity index (χ0) is 19.6. The quantitative estimate of drug-likeness (QED) is 0.671. The number of carbonyl (C=O) groups excluding carboxylic acids is 2. The van der Waals surface area contributed by atoms with E-state index in [0.717, 1.165) is 10.4 Å². The van der Waals surface area contributed by atoms with Gasteiger partial charge in [0.1, 0.15) is 12.4 Å². The summed E-state index contributed by atoms with van der Waals surface area (Å²) in [6, 6.07) is 0. The molecule has 0 spiro atoms. The highest BCUT2D eigenvalue weighted by Crippen LogP contribution is 2.27. The molecule has 0 atom stereocenters. The van der Waals surface area contributed by atoms with Crippen LogP contribution in [-0.4, -0.2) is 48.9 Å². The molecule has 0 radical (unpaired) electrons. The second-order valence-electron chi connectivity index (χ2n) is 6.69. The maximum atomic E-state index is 12.5. The highest BCUT2D eigenvalue weighted by Gasteiger charge is 2.27. The molecule has 10 nitrogen and oxygen atoms in total. The van der Waals surface area contributed by atoms with E-state index in [4.69, 9.17) is 5.73 Å². The molecule has 3 rings (SSSR count). The maximum absolute atomic E-state index is 12.5. The number of aromatic amines is 1. The highest BCUT2D eigenvalue weighted by atomic mass is 16.2. The van der Waals surface area contributed by atoms with Crippen molar-refractivity contribution in [1.82, 2.24) is 24.0 Å². The number of amides is 2. The van der Waals surface area contributed by atoms with Crippen LogP contribution in [0.3, 0.4) is 0 Å². The Bertz CT molecular complexity index is 964. The first-order valence-corrected chi connectivity index (χ1v) is 8.71. The van der Waals surface area contributed by atoms with Crippen LogP contribution in [0.25, 0.3) is 0 Å². The molecule has 1 saturated heterocycles. The van der Waals surface area contributed by atoms with Crippen molar-refractivity contribution in [2.45, 2.75) is 31.7 Å². The lowest BCUT2D eigenvalue weighted by Crippen LogP contribution is -2.41. The van der Waals surface area contributed by atoms with Gasteiger partial charge in [0.2, 0.25) is 11.8 Å². The van der Waals surface area contributed by atoms with E-state index in [2.05, 4.69) is 9.97 Å². The monoisotopic (exact) mass is 374 g/mol. The average molecular weight is 374 g/mol. The zero-order valence-corrected chi connectivity index (χ0v) is 15.1. The summed E-state index contributed by atoms with van der Waals surface area (Å²) in [6.45, 7) is 1.16. The van der Waals surface area contributed by atoms with Gasteiger partial charge in [-0.25, -0.2) is 9.78 Å². The number of nitrogens with two attached hydrogens (primary N) is 1. The third-order valence-corrected chi connectivity index (χ3v) is 4.88. The molecule has 2 aromatic heterocycles. The average Bonchev–Trinajstić information content (AvgIpc) is 3.09. The van der Waals surface area contributed by atoms with Crippen LogP contribution >= 0.6 is 0 Å². The Morgan fingerprint density at radius 1 is 1.30 bits per heavy atom. The minimum atomic E-state index is -0.511. The largest absolute Gasteiger partial charge is 0.368 e. The topological polar surface area (TPSA) is 136 Å². The summed E-state index contributed by atoms with van der Waals surface area (Å²) in [5.41, 5.74) is 4.55. The lowest BCUT2D eigenvalue weighted by molar-refractivity contribution is -0.131. The van der Waals surface area contributed by atoms with Gasteiger partial charge >= 0.3 is 5.69 Å². The number of imidazole rings is 1. The molecule has 3 N–H and O–H groups in total. The van der Waals surface area contributed by atoms with Crippen molar-refractivity contribution >= 4 is 11.8 Å². The zero-order valence-electron chi connectivity index (χ0n) is 15.1. The smallest absolute Gasteiger partial charge is 0.328 e. The van der Waals surface area contributed by atoms with E-state index in [0.29, 0.717) is 25.9 Å². The molecule has 0 aromatic carbocycles. The molecular weight excluding hydrogens is 352 g/mol. The molecule has 1 aliphatic heterocycles. The minimum absolute atomic E-state index is 0.0512. The molecule has 27 heavy (non-hydrogen) atoms. The molecule has 1 fully saturated rings. The number of primary amides is 1. The van der Waals surface area contributed by atoms with Gasteiger partial charge in [0.25, 0.3) is 5.56 Å². The molecular formula is C17H22N6O4. The van der Waals surface area contributed by atoms with E-state index >= 15 is 0 Å². The molecule has 0 aliphatic carbocycles. The Morgan fingerprint density at radius 2 is 2.00 bits per heavy atom. The van der Waals surface area contributed by atoms with Gasteiger partial charge in [0, 0.05) is 50.2 Å². The van der Waals surface area contributed by atoms with Crippen molar-refractivity contribution < 1.29 is 9.59 Å². The van der Waals surface area contributed by atoms with Gasteiger partial charge in [0.15, 0.2) is 0 Å². The van der Waals surface area contributed by atoms with Gasteiger partial charge in [-0.1, -0.05) is 0 Å². The minimum Gasteiger partial charge on any atom is -0.368 e. The third-order valence-electron chi connectivity index (χ3n) is 4.88. The number of hydrogen-bond acceptors (Lipinski definition) is 5. The molecule has 2 aromatic rings. The Labute approximate surface area is 154 Å². The number of carbonyl (C=O) groups is 2. The van der Waals surface area contributed by atoms with Crippen LogP contribution < -0.4 is 17.0 Å². The summed E-state index contributed by atoms with van der Waals surface area (Å²) < 4.78 is 2.70. The number of aromatic nitrogens is 4. The number of likely N-dealkylation sites (tertiary alicyclic amines) is 1. The highest BCUT2D eigenvalue weighted by molar-refractivity contribution is 5.78. The lowest BCUT2D eigenvalue weighted by atomic mass is 9.95. The number of nitrogens with zero attached hydrogens (tertiary/aromatic N) is 4. The van der Waals surface area contributed by atoms with Crippen molar-refractivity contribution in [1.29, 1.82) is 0 Å². The molecule has 0 bridgehead atoms. The first-order valence-electron chi connectivity index (χ1n) is 8.71. The van der Waals surface area contributed by atoms with E-state index in [1.807, 2.05) is 0 Å². The van der Waals surface area contributed by atoms with E-state index in [1.54, 1.807) is 21.9 Å². The van der Waals surface area contributed by atoms with Crippen LogP contribution in [-0.2, 0) is 29.6 Å². The van der Waals surface area contributed by atoms with Gasteiger partial charge in [-0.2, -0.15) is 0 Å². The number of piperidine rings is 1. The molecule has 144 valence electrons. The second kappa shape index (κ2) is 7.60. The summed E-state index contributed by atoms with van der Waals surface area (Å²) in [7, 11) is 1.37. The first kappa shape index (κ1) is 18.6. The maximum Gasteiger partial charge on any atom is 0.328 e. The number of H-pyrrole nitrogens is 1. The van der Waals surface area contributed by atoms with Crippen molar-refractivity contribution in [3.63, 3.8) is 0 Å². The molecule has 0 unspecified atom stereocenters. The van der Waals surface area contributed by atoms with Gasteiger partial charge in [0.05, 0.1) is 6.42 Å². The summed E-state index contributed by atoms with van der Waals surface area (Å²) >= 11 is 0. The van der Waals surface area contributed by atoms with Crippen LogP contribution in [0.1, 0.15) is 30.1 Å². The molecule has 2 amide bonds. The van der Waals surface area contributed by atoms with Crippen LogP contribution in [0.4, 0.5) is 0 Å². The predicted molar refractivity (Wildman–Crippen MR) is 96.0 cm³/mol. The Balaban J connectivity index is 1.63. The van der Waals surface area contributed by atoms with E-state index in [1.165, 1.54) is 13.2 Å². The Hall–Kier alpha value is -3.17.